The molecule has 4 heteroatoms. The van der Waals surface area contributed by atoms with Crippen molar-refractivity contribution in [2.24, 2.45) is 0 Å². The number of nitrogens with zero attached hydrogens (tertiary/aromatic N) is 2. The Bertz CT molecular complexity index is 572. The summed E-state index contributed by atoms with van der Waals surface area (Å²) in [5.41, 5.74) is 2.71. The highest BCUT2D eigenvalue weighted by molar-refractivity contribution is 5.61. The van der Waals surface area contributed by atoms with E-state index < -0.39 is 0 Å². The molecule has 0 amide bonds. The highest BCUT2D eigenvalue weighted by Crippen LogP contribution is 2.23. The lowest BCUT2D eigenvalue weighted by atomic mass is 10.1. The van der Waals surface area contributed by atoms with Gasteiger partial charge in [-0.25, -0.2) is 14.4 Å². The molecule has 0 saturated heterocycles. The third-order valence-electron chi connectivity index (χ3n) is 3.08. The Balaban J connectivity index is 2.51. The summed E-state index contributed by atoms with van der Waals surface area (Å²) in [6.45, 7) is 6.87. The number of benzene rings is 1. The van der Waals surface area contributed by atoms with E-state index in [1.165, 1.54) is 12.1 Å². The first-order valence-electron chi connectivity index (χ1n) is 7.02. The molecule has 1 N–H and O–H groups in total. The van der Waals surface area contributed by atoms with Gasteiger partial charge in [0, 0.05) is 23.9 Å². The summed E-state index contributed by atoms with van der Waals surface area (Å²) in [6, 6.07) is 6.68. The predicted molar refractivity (Wildman–Crippen MR) is 80.3 cm³/mol. The van der Waals surface area contributed by atoms with Gasteiger partial charge in [0.2, 0.25) is 0 Å². The smallest absolute Gasteiger partial charge is 0.162 e. The molecule has 0 atom stereocenters. The van der Waals surface area contributed by atoms with E-state index in [-0.39, 0.29) is 5.82 Å². The maximum absolute atomic E-state index is 13.5. The van der Waals surface area contributed by atoms with Gasteiger partial charge in [0.1, 0.15) is 11.6 Å². The standard InChI is InChI=1S/C16H20FN3/c1-4-6-13-10-15(18-5-2)20-16(19-13)14-9-12(17)8-7-11(14)3/h7-10H,4-6H2,1-3H3,(H,18,19,20). The lowest BCUT2D eigenvalue weighted by Gasteiger charge is -2.10. The van der Waals surface area contributed by atoms with Crippen molar-refractivity contribution in [3.8, 4) is 11.4 Å². The minimum atomic E-state index is -0.264. The molecule has 1 heterocycles. The topological polar surface area (TPSA) is 37.8 Å². The lowest BCUT2D eigenvalue weighted by molar-refractivity contribution is 0.627. The van der Waals surface area contributed by atoms with E-state index in [0.29, 0.717) is 5.82 Å². The molecular formula is C16H20FN3. The highest BCUT2D eigenvalue weighted by Gasteiger charge is 2.10. The number of aryl methyl sites for hydroxylation is 2. The average molecular weight is 273 g/mol. The number of halogens is 1. The van der Waals surface area contributed by atoms with Gasteiger partial charge in [-0.05, 0) is 38.0 Å². The van der Waals surface area contributed by atoms with Crippen molar-refractivity contribution in [3.05, 3.63) is 41.3 Å². The van der Waals surface area contributed by atoms with Crippen LogP contribution in [0.2, 0.25) is 0 Å². The van der Waals surface area contributed by atoms with Crippen molar-refractivity contribution in [2.45, 2.75) is 33.6 Å². The van der Waals surface area contributed by atoms with Gasteiger partial charge in [0.15, 0.2) is 5.82 Å². The van der Waals surface area contributed by atoms with Crippen LogP contribution in [0.25, 0.3) is 11.4 Å². The van der Waals surface area contributed by atoms with Gasteiger partial charge in [-0.1, -0.05) is 19.4 Å². The lowest BCUT2D eigenvalue weighted by Crippen LogP contribution is -2.04. The second-order valence-corrected chi connectivity index (χ2v) is 4.81. The molecule has 0 aliphatic rings. The molecule has 1 aromatic carbocycles. The van der Waals surface area contributed by atoms with Crippen LogP contribution in [0.3, 0.4) is 0 Å². The molecule has 3 nitrogen and oxygen atoms in total. The fourth-order valence-electron chi connectivity index (χ4n) is 2.11. The zero-order chi connectivity index (χ0) is 14.5. The monoisotopic (exact) mass is 273 g/mol. The normalized spacial score (nSPS) is 10.6. The third-order valence-corrected chi connectivity index (χ3v) is 3.08. The fraction of sp³-hybridized carbons (Fsp3) is 0.375. The van der Waals surface area contributed by atoms with Crippen LogP contribution < -0.4 is 5.32 Å². The summed E-state index contributed by atoms with van der Waals surface area (Å²) in [7, 11) is 0. The molecule has 0 spiro atoms. The number of nitrogens with one attached hydrogen (secondary N) is 1. The minimum absolute atomic E-state index is 0.264. The largest absolute Gasteiger partial charge is 0.370 e. The molecule has 0 aliphatic carbocycles. The van der Waals surface area contributed by atoms with Crippen LogP contribution in [0.15, 0.2) is 24.3 Å². The molecule has 2 rings (SSSR count). The zero-order valence-corrected chi connectivity index (χ0v) is 12.2. The third kappa shape index (κ3) is 3.32. The van der Waals surface area contributed by atoms with Crippen LogP contribution in [0, 0.1) is 12.7 Å². The van der Waals surface area contributed by atoms with E-state index in [4.69, 9.17) is 0 Å². The van der Waals surface area contributed by atoms with E-state index in [1.807, 2.05) is 19.9 Å². The van der Waals surface area contributed by atoms with E-state index in [1.54, 1.807) is 6.07 Å². The maximum Gasteiger partial charge on any atom is 0.162 e. The van der Waals surface area contributed by atoms with Crippen molar-refractivity contribution < 1.29 is 4.39 Å². The Labute approximate surface area is 119 Å². The number of aromatic nitrogens is 2. The maximum atomic E-state index is 13.5. The molecule has 20 heavy (non-hydrogen) atoms. The Hall–Kier alpha value is -1.97. The number of hydrogen-bond acceptors (Lipinski definition) is 3. The molecular weight excluding hydrogens is 253 g/mol. The van der Waals surface area contributed by atoms with Crippen molar-refractivity contribution in [1.82, 2.24) is 9.97 Å². The van der Waals surface area contributed by atoms with E-state index in [9.17, 15) is 4.39 Å². The Morgan fingerprint density at radius 2 is 1.95 bits per heavy atom. The summed E-state index contributed by atoms with van der Waals surface area (Å²) < 4.78 is 13.5. The molecule has 1 aromatic heterocycles. The van der Waals surface area contributed by atoms with Gasteiger partial charge in [0.25, 0.3) is 0 Å². The van der Waals surface area contributed by atoms with Gasteiger partial charge < -0.3 is 5.32 Å². The number of rotatable bonds is 5. The first kappa shape index (κ1) is 14.4. The molecule has 0 aliphatic heterocycles. The van der Waals surface area contributed by atoms with Gasteiger partial charge in [-0.2, -0.15) is 0 Å². The summed E-state index contributed by atoms with van der Waals surface area (Å²) in [4.78, 5) is 9.05. The van der Waals surface area contributed by atoms with Crippen molar-refractivity contribution in [1.29, 1.82) is 0 Å². The van der Waals surface area contributed by atoms with Crippen molar-refractivity contribution >= 4 is 5.82 Å². The van der Waals surface area contributed by atoms with E-state index in [0.717, 1.165) is 42.0 Å². The van der Waals surface area contributed by atoms with Crippen molar-refractivity contribution in [2.75, 3.05) is 11.9 Å². The first-order chi connectivity index (χ1) is 9.63. The fourth-order valence-corrected chi connectivity index (χ4v) is 2.11. The first-order valence-corrected chi connectivity index (χ1v) is 7.02. The Kier molecular flexibility index (Phi) is 4.66. The zero-order valence-electron chi connectivity index (χ0n) is 12.2. The molecule has 2 aromatic rings. The molecule has 0 saturated carbocycles. The minimum Gasteiger partial charge on any atom is -0.370 e. The van der Waals surface area contributed by atoms with Crippen LogP contribution in [-0.4, -0.2) is 16.5 Å². The summed E-state index contributed by atoms with van der Waals surface area (Å²) in [6.07, 6.45) is 1.91. The van der Waals surface area contributed by atoms with Gasteiger partial charge in [-0.3, -0.25) is 0 Å². The second kappa shape index (κ2) is 6.46. The van der Waals surface area contributed by atoms with Crippen LogP contribution in [0.5, 0.6) is 0 Å². The van der Waals surface area contributed by atoms with Crippen LogP contribution in [0.4, 0.5) is 10.2 Å². The number of hydrogen-bond donors (Lipinski definition) is 1. The van der Waals surface area contributed by atoms with Crippen LogP contribution in [0.1, 0.15) is 31.5 Å². The SMILES string of the molecule is CCCc1cc(NCC)nc(-c2cc(F)ccc2C)n1. The summed E-state index contributed by atoms with van der Waals surface area (Å²) in [5, 5.41) is 3.21. The predicted octanol–water partition coefficient (Wildman–Crippen LogP) is 3.98. The molecule has 0 unspecified atom stereocenters. The Morgan fingerprint density at radius 1 is 1.15 bits per heavy atom. The average Bonchev–Trinajstić information content (AvgIpc) is 2.42. The van der Waals surface area contributed by atoms with Gasteiger partial charge in [0.05, 0.1) is 0 Å². The molecule has 0 bridgehead atoms. The molecule has 0 radical (unpaired) electrons. The second-order valence-electron chi connectivity index (χ2n) is 4.81. The Morgan fingerprint density at radius 3 is 2.65 bits per heavy atom. The van der Waals surface area contributed by atoms with Gasteiger partial charge in [-0.15, -0.1) is 0 Å². The summed E-state index contributed by atoms with van der Waals surface area (Å²) in [5.74, 6) is 1.12. The quantitative estimate of drug-likeness (QED) is 0.895. The number of anilines is 1. The summed E-state index contributed by atoms with van der Waals surface area (Å²) >= 11 is 0. The molecule has 0 fully saturated rings. The van der Waals surface area contributed by atoms with Crippen LogP contribution in [-0.2, 0) is 6.42 Å². The van der Waals surface area contributed by atoms with Gasteiger partial charge >= 0.3 is 0 Å². The molecule has 106 valence electrons. The highest BCUT2D eigenvalue weighted by atomic mass is 19.1. The van der Waals surface area contributed by atoms with Crippen LogP contribution >= 0.6 is 0 Å². The van der Waals surface area contributed by atoms with E-state index >= 15 is 0 Å². The van der Waals surface area contributed by atoms with Crippen molar-refractivity contribution in [3.63, 3.8) is 0 Å². The van der Waals surface area contributed by atoms with E-state index in [2.05, 4.69) is 22.2 Å².